The second kappa shape index (κ2) is 11.6. The van der Waals surface area contributed by atoms with Crippen LogP contribution in [0.4, 0.5) is 5.69 Å². The Morgan fingerprint density at radius 1 is 0.588 bits per heavy atom. The number of nitriles is 1. The minimum atomic E-state index is -0.0546. The van der Waals surface area contributed by atoms with Crippen LogP contribution in [0.25, 0.3) is 60.1 Å². The molecule has 0 saturated heterocycles. The van der Waals surface area contributed by atoms with Gasteiger partial charge in [-0.05, 0) is 106 Å². The van der Waals surface area contributed by atoms with Gasteiger partial charge in [0.1, 0.15) is 23.1 Å². The van der Waals surface area contributed by atoms with Crippen LogP contribution in [0.15, 0.2) is 109 Å². The van der Waals surface area contributed by atoms with Gasteiger partial charge in [0, 0.05) is 40.7 Å². The van der Waals surface area contributed by atoms with E-state index in [1.54, 1.807) is 0 Å². The molecule has 0 saturated carbocycles. The highest BCUT2D eigenvalue weighted by Crippen LogP contribution is 2.39. The van der Waals surface area contributed by atoms with Crippen LogP contribution in [0.3, 0.4) is 0 Å². The number of benzene rings is 4. The summed E-state index contributed by atoms with van der Waals surface area (Å²) in [7, 11) is 0. The van der Waals surface area contributed by atoms with Crippen molar-refractivity contribution in [1.82, 2.24) is 19.1 Å². The third-order valence-electron chi connectivity index (χ3n) is 9.63. The Morgan fingerprint density at radius 2 is 1.10 bits per heavy atom. The molecule has 0 aliphatic carbocycles. The van der Waals surface area contributed by atoms with Crippen molar-refractivity contribution in [2.45, 2.75) is 52.4 Å². The van der Waals surface area contributed by atoms with Gasteiger partial charge in [0.05, 0.1) is 40.3 Å². The molecule has 0 radical (unpaired) electrons. The molecule has 0 spiro atoms. The molecule has 0 N–H and O–H groups in total. The number of ether oxygens (including phenoxy) is 1. The van der Waals surface area contributed by atoms with Crippen LogP contribution in [0.5, 0.6) is 11.5 Å². The van der Waals surface area contributed by atoms with Gasteiger partial charge in [-0.3, -0.25) is 9.13 Å². The van der Waals surface area contributed by atoms with E-state index >= 15 is 0 Å². The van der Waals surface area contributed by atoms with Crippen LogP contribution in [0, 0.1) is 17.9 Å². The summed E-state index contributed by atoms with van der Waals surface area (Å²) in [6.07, 6.45) is 3.72. The van der Waals surface area contributed by atoms with Crippen molar-refractivity contribution in [2.75, 3.05) is 0 Å². The lowest BCUT2D eigenvalue weighted by molar-refractivity contribution is 0.484. The van der Waals surface area contributed by atoms with Gasteiger partial charge >= 0.3 is 0 Å². The van der Waals surface area contributed by atoms with Crippen molar-refractivity contribution in [3.05, 3.63) is 138 Å². The molecule has 4 aromatic carbocycles. The minimum absolute atomic E-state index is 0.0527. The molecule has 4 heterocycles. The van der Waals surface area contributed by atoms with E-state index in [1.165, 1.54) is 11.1 Å². The first-order chi connectivity index (χ1) is 24.4. The number of hydrogen-bond donors (Lipinski definition) is 0. The van der Waals surface area contributed by atoms with Crippen molar-refractivity contribution in [1.29, 1.82) is 5.26 Å². The standard InChI is InChI=1S/C44H36N6O/c1-43(2,3)28-16-18-47-41(21-28)49-37-14-8-27(26-45)20-35(37)33-12-10-31(24-39(33)49)51-32-11-13-34-36-23-30(46-7)9-15-38(36)50(40(34)25-32)42-22-29(17-19-48-42)44(4,5)6/h8-25H,1-6H3. The van der Waals surface area contributed by atoms with Gasteiger partial charge in [-0.2, -0.15) is 5.26 Å². The van der Waals surface area contributed by atoms with Gasteiger partial charge in [0.2, 0.25) is 0 Å². The highest BCUT2D eigenvalue weighted by Gasteiger charge is 2.21. The summed E-state index contributed by atoms with van der Waals surface area (Å²) in [5, 5.41) is 13.7. The zero-order chi connectivity index (χ0) is 35.7. The lowest BCUT2D eigenvalue weighted by atomic mass is 9.88. The van der Waals surface area contributed by atoms with E-state index in [2.05, 4.69) is 98.0 Å². The number of fused-ring (bicyclic) bond motifs is 6. The number of hydrogen-bond acceptors (Lipinski definition) is 4. The maximum Gasteiger partial charge on any atom is 0.188 e. The van der Waals surface area contributed by atoms with Gasteiger partial charge in [-0.1, -0.05) is 47.6 Å². The van der Waals surface area contributed by atoms with Crippen molar-refractivity contribution < 1.29 is 4.74 Å². The predicted octanol–water partition coefficient (Wildman–Crippen LogP) is 11.5. The molecule has 0 fully saturated rings. The third-order valence-corrected chi connectivity index (χ3v) is 9.63. The summed E-state index contributed by atoms with van der Waals surface area (Å²) in [6, 6.07) is 34.4. The van der Waals surface area contributed by atoms with Crippen LogP contribution in [0.1, 0.15) is 58.2 Å². The van der Waals surface area contributed by atoms with Crippen LogP contribution in [0.2, 0.25) is 0 Å². The fraction of sp³-hybridized carbons (Fsp3) is 0.182. The second-order valence-electron chi connectivity index (χ2n) is 15.1. The van der Waals surface area contributed by atoms with Gasteiger partial charge in [0.25, 0.3) is 0 Å². The van der Waals surface area contributed by atoms with Crippen molar-refractivity contribution in [3.8, 4) is 29.2 Å². The van der Waals surface area contributed by atoms with Crippen LogP contribution in [-0.4, -0.2) is 19.1 Å². The van der Waals surface area contributed by atoms with Crippen molar-refractivity contribution in [3.63, 3.8) is 0 Å². The summed E-state index contributed by atoms with van der Waals surface area (Å²) in [4.78, 5) is 13.3. The lowest BCUT2D eigenvalue weighted by Crippen LogP contribution is -2.12. The second-order valence-corrected chi connectivity index (χ2v) is 15.1. The van der Waals surface area contributed by atoms with E-state index in [0.29, 0.717) is 22.7 Å². The average Bonchev–Trinajstić information content (AvgIpc) is 3.62. The highest BCUT2D eigenvalue weighted by atomic mass is 16.5. The molecule has 0 amide bonds. The maximum absolute atomic E-state index is 9.71. The fourth-order valence-electron chi connectivity index (χ4n) is 6.90. The Morgan fingerprint density at radius 3 is 1.59 bits per heavy atom. The van der Waals surface area contributed by atoms with E-state index in [0.717, 1.165) is 55.2 Å². The van der Waals surface area contributed by atoms with Crippen LogP contribution >= 0.6 is 0 Å². The van der Waals surface area contributed by atoms with Gasteiger partial charge < -0.3 is 4.74 Å². The highest BCUT2D eigenvalue weighted by molar-refractivity contribution is 6.11. The molecule has 248 valence electrons. The minimum Gasteiger partial charge on any atom is -0.457 e. The zero-order valence-corrected chi connectivity index (χ0v) is 29.5. The first-order valence-corrected chi connectivity index (χ1v) is 17.0. The molecule has 51 heavy (non-hydrogen) atoms. The molecule has 0 bridgehead atoms. The Labute approximate surface area is 296 Å². The van der Waals surface area contributed by atoms with E-state index in [1.807, 2.05) is 73.1 Å². The third kappa shape index (κ3) is 5.44. The number of pyridine rings is 2. The smallest absolute Gasteiger partial charge is 0.188 e. The Kier molecular flexibility index (Phi) is 7.22. The lowest BCUT2D eigenvalue weighted by Gasteiger charge is -2.20. The first-order valence-electron chi connectivity index (χ1n) is 17.0. The van der Waals surface area contributed by atoms with E-state index in [9.17, 15) is 5.26 Å². The molecule has 7 heteroatoms. The SMILES string of the molecule is [C-]#[N+]c1ccc2c(c1)c1ccc(Oc3ccc4c5cc(C#N)ccc5n(-c5cc(C(C)(C)C)ccn5)c4c3)cc1n2-c1cc(C(C)(C)C)ccn1. The van der Waals surface area contributed by atoms with Crippen molar-refractivity contribution >= 4 is 49.3 Å². The van der Waals surface area contributed by atoms with Crippen LogP contribution in [-0.2, 0) is 10.8 Å². The normalized spacial score (nSPS) is 12.1. The monoisotopic (exact) mass is 664 g/mol. The topological polar surface area (TPSA) is 73.0 Å². The maximum atomic E-state index is 9.71. The average molecular weight is 665 g/mol. The molecular formula is C44H36N6O. The van der Waals surface area contributed by atoms with Crippen molar-refractivity contribution in [2.24, 2.45) is 0 Å². The molecular weight excluding hydrogens is 629 g/mol. The molecule has 0 atom stereocenters. The number of nitrogens with zero attached hydrogens (tertiary/aromatic N) is 6. The molecule has 0 aliphatic rings. The predicted molar refractivity (Wildman–Crippen MR) is 206 cm³/mol. The molecule has 7 nitrogen and oxygen atoms in total. The summed E-state index contributed by atoms with van der Waals surface area (Å²) >= 11 is 0. The van der Waals surface area contributed by atoms with Crippen LogP contribution < -0.4 is 4.74 Å². The molecule has 8 aromatic rings. The quantitative estimate of drug-likeness (QED) is 0.176. The van der Waals surface area contributed by atoms with Gasteiger partial charge in [-0.15, -0.1) is 0 Å². The van der Waals surface area contributed by atoms with Gasteiger partial charge in [0.15, 0.2) is 5.69 Å². The molecule has 4 aromatic heterocycles. The van der Waals surface area contributed by atoms with E-state index in [4.69, 9.17) is 21.3 Å². The Balaban J connectivity index is 1.30. The summed E-state index contributed by atoms with van der Waals surface area (Å²) in [5.41, 5.74) is 7.25. The summed E-state index contributed by atoms with van der Waals surface area (Å²) in [6.45, 7) is 20.8. The number of rotatable bonds is 4. The zero-order valence-electron chi connectivity index (χ0n) is 29.5. The molecule has 8 rings (SSSR count). The Bertz CT molecular complexity index is 2580. The van der Waals surface area contributed by atoms with E-state index in [-0.39, 0.29) is 10.8 Å². The number of aromatic nitrogens is 4. The first kappa shape index (κ1) is 31.8. The fourth-order valence-corrected chi connectivity index (χ4v) is 6.90. The van der Waals surface area contributed by atoms with Gasteiger partial charge in [-0.25, -0.2) is 14.8 Å². The summed E-state index contributed by atoms with van der Waals surface area (Å²) < 4.78 is 11.0. The largest absolute Gasteiger partial charge is 0.457 e. The molecule has 0 unspecified atom stereocenters. The van der Waals surface area contributed by atoms with E-state index < -0.39 is 0 Å². The molecule has 0 aliphatic heterocycles. The summed E-state index contributed by atoms with van der Waals surface area (Å²) in [5.74, 6) is 2.96. The Hall–Kier alpha value is -6.44.